The van der Waals surface area contributed by atoms with E-state index in [4.69, 9.17) is 10.2 Å². The van der Waals surface area contributed by atoms with Crippen molar-refractivity contribution in [3.8, 4) is 0 Å². The van der Waals surface area contributed by atoms with Crippen LogP contribution in [0.1, 0.15) is 24.5 Å². The Balaban J connectivity index is 2.76. The molecule has 3 heteroatoms. The number of hydrogen-bond donors (Lipinski definition) is 2. The summed E-state index contributed by atoms with van der Waals surface area (Å²) < 4.78 is 5.18. The van der Waals surface area contributed by atoms with Gasteiger partial charge in [0, 0.05) is 6.04 Å². The van der Waals surface area contributed by atoms with Crippen LogP contribution >= 0.6 is 0 Å². The molecular formula is C8H13NO2. The summed E-state index contributed by atoms with van der Waals surface area (Å²) in [5, 5.41) is 9.39. The van der Waals surface area contributed by atoms with Crippen molar-refractivity contribution in [3.63, 3.8) is 0 Å². The summed E-state index contributed by atoms with van der Waals surface area (Å²) in [4.78, 5) is 0. The molecule has 0 aliphatic rings. The number of rotatable bonds is 2. The molecule has 11 heavy (non-hydrogen) atoms. The quantitative estimate of drug-likeness (QED) is 0.669. The molecule has 1 aromatic heterocycles. The zero-order valence-electron chi connectivity index (χ0n) is 6.74. The van der Waals surface area contributed by atoms with Crippen LogP contribution in [0.5, 0.6) is 0 Å². The van der Waals surface area contributed by atoms with Gasteiger partial charge in [-0.15, -0.1) is 0 Å². The fourth-order valence-electron chi connectivity index (χ4n) is 0.871. The zero-order chi connectivity index (χ0) is 8.43. The van der Waals surface area contributed by atoms with Crippen LogP contribution in [0.3, 0.4) is 0 Å². The van der Waals surface area contributed by atoms with Crippen LogP contribution in [0.15, 0.2) is 16.5 Å². The lowest BCUT2D eigenvalue weighted by atomic mass is 10.1. The molecule has 0 radical (unpaired) electrons. The molecule has 0 saturated carbocycles. The maximum absolute atomic E-state index is 9.39. The van der Waals surface area contributed by atoms with Gasteiger partial charge in [-0.05, 0) is 26.0 Å². The van der Waals surface area contributed by atoms with E-state index in [0.29, 0.717) is 5.76 Å². The normalized spacial score (nSPS) is 16.4. The molecule has 62 valence electrons. The minimum atomic E-state index is -0.691. The number of furan rings is 1. The van der Waals surface area contributed by atoms with Crippen LogP contribution in [-0.4, -0.2) is 11.1 Å². The third-order valence-electron chi connectivity index (χ3n) is 1.55. The lowest BCUT2D eigenvalue weighted by Gasteiger charge is -2.10. The SMILES string of the molecule is Cc1ccc(C(O)C(C)N)o1. The van der Waals surface area contributed by atoms with Gasteiger partial charge in [-0.25, -0.2) is 0 Å². The van der Waals surface area contributed by atoms with Crippen molar-refractivity contribution in [2.75, 3.05) is 0 Å². The molecule has 2 unspecified atom stereocenters. The molecule has 0 fully saturated rings. The fraction of sp³-hybridized carbons (Fsp3) is 0.500. The van der Waals surface area contributed by atoms with E-state index in [1.807, 2.05) is 6.92 Å². The van der Waals surface area contributed by atoms with E-state index >= 15 is 0 Å². The van der Waals surface area contributed by atoms with Crippen molar-refractivity contribution in [1.82, 2.24) is 0 Å². The van der Waals surface area contributed by atoms with Crippen molar-refractivity contribution in [2.24, 2.45) is 5.73 Å². The number of nitrogens with two attached hydrogens (primary N) is 1. The van der Waals surface area contributed by atoms with Crippen molar-refractivity contribution in [3.05, 3.63) is 23.7 Å². The third kappa shape index (κ3) is 1.82. The highest BCUT2D eigenvalue weighted by Crippen LogP contribution is 2.17. The molecule has 0 spiro atoms. The fourth-order valence-corrected chi connectivity index (χ4v) is 0.871. The van der Waals surface area contributed by atoms with Crippen molar-refractivity contribution < 1.29 is 9.52 Å². The minimum Gasteiger partial charge on any atom is -0.464 e. The van der Waals surface area contributed by atoms with E-state index < -0.39 is 6.10 Å². The second-order valence-corrected chi connectivity index (χ2v) is 2.75. The first-order chi connectivity index (χ1) is 5.11. The van der Waals surface area contributed by atoms with E-state index in [2.05, 4.69) is 0 Å². The summed E-state index contributed by atoms with van der Waals surface area (Å²) >= 11 is 0. The van der Waals surface area contributed by atoms with E-state index in [1.165, 1.54) is 0 Å². The molecule has 1 aromatic rings. The summed E-state index contributed by atoms with van der Waals surface area (Å²) in [6.07, 6.45) is -0.691. The Kier molecular flexibility index (Phi) is 2.31. The molecule has 0 bridgehead atoms. The Bertz CT molecular complexity index is 230. The molecule has 0 aliphatic carbocycles. The molecule has 3 nitrogen and oxygen atoms in total. The summed E-state index contributed by atoms with van der Waals surface area (Å²) in [6, 6.07) is 3.25. The first kappa shape index (κ1) is 8.30. The molecule has 0 aromatic carbocycles. The highest BCUT2D eigenvalue weighted by Gasteiger charge is 2.15. The summed E-state index contributed by atoms with van der Waals surface area (Å²) in [7, 11) is 0. The molecular weight excluding hydrogens is 142 g/mol. The van der Waals surface area contributed by atoms with Crippen molar-refractivity contribution in [1.29, 1.82) is 0 Å². The second-order valence-electron chi connectivity index (χ2n) is 2.75. The van der Waals surface area contributed by atoms with Crippen LogP contribution in [0.4, 0.5) is 0 Å². The number of aliphatic hydroxyl groups is 1. The van der Waals surface area contributed by atoms with Gasteiger partial charge < -0.3 is 15.3 Å². The molecule has 0 saturated heterocycles. The lowest BCUT2D eigenvalue weighted by molar-refractivity contribution is 0.126. The molecule has 2 atom stereocenters. The highest BCUT2D eigenvalue weighted by molar-refractivity contribution is 5.09. The Hall–Kier alpha value is -0.800. The Morgan fingerprint density at radius 1 is 1.55 bits per heavy atom. The largest absolute Gasteiger partial charge is 0.464 e. The van der Waals surface area contributed by atoms with Crippen LogP contribution < -0.4 is 5.73 Å². The standard InChI is InChI=1S/C8H13NO2/c1-5-3-4-7(11-5)8(10)6(2)9/h3-4,6,8,10H,9H2,1-2H3. The van der Waals surface area contributed by atoms with Crippen molar-refractivity contribution >= 4 is 0 Å². The molecule has 0 aliphatic heterocycles. The predicted octanol–water partition coefficient (Wildman–Crippen LogP) is 0.969. The Morgan fingerprint density at radius 3 is 2.55 bits per heavy atom. The van der Waals surface area contributed by atoms with Crippen LogP contribution in [0.2, 0.25) is 0 Å². The zero-order valence-corrected chi connectivity index (χ0v) is 6.74. The van der Waals surface area contributed by atoms with Crippen molar-refractivity contribution in [2.45, 2.75) is 26.0 Å². The van der Waals surface area contributed by atoms with Crippen LogP contribution in [0.25, 0.3) is 0 Å². The van der Waals surface area contributed by atoms with Gasteiger partial charge in [0.05, 0.1) is 0 Å². The van der Waals surface area contributed by atoms with Gasteiger partial charge in [-0.1, -0.05) is 0 Å². The molecule has 1 heterocycles. The Labute approximate surface area is 65.8 Å². The van der Waals surface area contributed by atoms with Gasteiger partial charge in [0.1, 0.15) is 17.6 Å². The lowest BCUT2D eigenvalue weighted by Crippen LogP contribution is -2.23. The molecule has 0 amide bonds. The average molecular weight is 155 g/mol. The number of aryl methyl sites for hydroxylation is 1. The highest BCUT2D eigenvalue weighted by atomic mass is 16.4. The first-order valence-electron chi connectivity index (χ1n) is 3.61. The predicted molar refractivity (Wildman–Crippen MR) is 42.1 cm³/mol. The third-order valence-corrected chi connectivity index (χ3v) is 1.55. The van der Waals surface area contributed by atoms with Crippen LogP contribution in [0, 0.1) is 6.92 Å². The van der Waals surface area contributed by atoms with Crippen LogP contribution in [-0.2, 0) is 0 Å². The number of aliphatic hydroxyl groups excluding tert-OH is 1. The summed E-state index contributed by atoms with van der Waals surface area (Å²) in [5.74, 6) is 1.33. The number of hydrogen-bond acceptors (Lipinski definition) is 3. The molecule has 1 rings (SSSR count). The van der Waals surface area contributed by atoms with Gasteiger partial charge in [0.2, 0.25) is 0 Å². The first-order valence-corrected chi connectivity index (χ1v) is 3.61. The van der Waals surface area contributed by atoms with Gasteiger partial charge >= 0.3 is 0 Å². The van der Waals surface area contributed by atoms with Gasteiger partial charge in [-0.2, -0.15) is 0 Å². The topological polar surface area (TPSA) is 59.4 Å². The Morgan fingerprint density at radius 2 is 2.18 bits per heavy atom. The van der Waals surface area contributed by atoms with E-state index in [0.717, 1.165) is 5.76 Å². The van der Waals surface area contributed by atoms with E-state index in [9.17, 15) is 5.11 Å². The second kappa shape index (κ2) is 3.07. The van der Waals surface area contributed by atoms with E-state index in [-0.39, 0.29) is 6.04 Å². The minimum absolute atomic E-state index is 0.291. The smallest absolute Gasteiger partial charge is 0.134 e. The monoisotopic (exact) mass is 155 g/mol. The molecule has 3 N–H and O–H groups in total. The van der Waals surface area contributed by atoms with Gasteiger partial charge in [0.25, 0.3) is 0 Å². The maximum atomic E-state index is 9.39. The average Bonchev–Trinajstić information content (AvgIpc) is 2.34. The van der Waals surface area contributed by atoms with Gasteiger partial charge in [0.15, 0.2) is 0 Å². The summed E-state index contributed by atoms with van der Waals surface area (Å²) in [5.41, 5.74) is 5.47. The van der Waals surface area contributed by atoms with E-state index in [1.54, 1.807) is 19.1 Å². The maximum Gasteiger partial charge on any atom is 0.134 e. The summed E-state index contributed by atoms with van der Waals surface area (Å²) in [6.45, 7) is 3.57. The van der Waals surface area contributed by atoms with Gasteiger partial charge in [-0.3, -0.25) is 0 Å².